The second-order valence-electron chi connectivity index (χ2n) is 6.01. The van der Waals surface area contributed by atoms with E-state index in [9.17, 15) is 14.7 Å². The van der Waals surface area contributed by atoms with Crippen LogP contribution in [0.3, 0.4) is 0 Å². The van der Waals surface area contributed by atoms with Crippen molar-refractivity contribution in [1.29, 1.82) is 0 Å². The number of hydrazone groups is 1. The molecular formula is C20H14Cl3N3O3. The van der Waals surface area contributed by atoms with Crippen molar-refractivity contribution in [2.24, 2.45) is 5.10 Å². The van der Waals surface area contributed by atoms with Crippen molar-refractivity contribution in [2.45, 2.75) is 6.54 Å². The summed E-state index contributed by atoms with van der Waals surface area (Å²) >= 11 is 17.7. The van der Waals surface area contributed by atoms with Crippen LogP contribution in [0.4, 0.5) is 0 Å². The van der Waals surface area contributed by atoms with Crippen LogP contribution >= 0.6 is 34.8 Å². The number of hydrogen-bond acceptors (Lipinski definition) is 4. The number of nitrogens with one attached hydrogen (secondary N) is 1. The van der Waals surface area contributed by atoms with Crippen molar-refractivity contribution in [2.75, 3.05) is 0 Å². The SMILES string of the molecule is O=C(N/N=C\c1ccc(O)c(Cl)c1)c1cccn(Cc2ccc(Cl)c(Cl)c2)c1=O. The number of phenols is 1. The van der Waals surface area contributed by atoms with Gasteiger partial charge in [0.1, 0.15) is 11.3 Å². The predicted molar refractivity (Wildman–Crippen MR) is 114 cm³/mol. The minimum absolute atomic E-state index is 0.0559. The topological polar surface area (TPSA) is 83.7 Å². The normalized spacial score (nSPS) is 11.0. The molecule has 0 saturated heterocycles. The highest BCUT2D eigenvalue weighted by Gasteiger charge is 2.12. The molecule has 2 aromatic carbocycles. The lowest BCUT2D eigenvalue weighted by Crippen LogP contribution is -2.30. The van der Waals surface area contributed by atoms with E-state index < -0.39 is 11.5 Å². The van der Waals surface area contributed by atoms with Crippen molar-refractivity contribution in [3.63, 3.8) is 0 Å². The molecule has 3 aromatic rings. The van der Waals surface area contributed by atoms with Gasteiger partial charge in [0.05, 0.1) is 27.8 Å². The van der Waals surface area contributed by atoms with Crippen molar-refractivity contribution >= 4 is 46.9 Å². The Bertz CT molecular complexity index is 1160. The molecule has 0 aliphatic carbocycles. The summed E-state index contributed by atoms with van der Waals surface area (Å²) in [7, 11) is 0. The zero-order valence-corrected chi connectivity index (χ0v) is 17.0. The monoisotopic (exact) mass is 449 g/mol. The Hall–Kier alpha value is -2.80. The zero-order valence-electron chi connectivity index (χ0n) is 14.8. The second kappa shape index (κ2) is 9.13. The molecule has 1 aromatic heterocycles. The van der Waals surface area contributed by atoms with Crippen molar-refractivity contribution < 1.29 is 9.90 Å². The molecule has 0 bridgehead atoms. The summed E-state index contributed by atoms with van der Waals surface area (Å²) in [5.41, 5.74) is 3.10. The smallest absolute Gasteiger partial charge is 0.276 e. The van der Waals surface area contributed by atoms with Crippen LogP contribution in [-0.4, -0.2) is 21.8 Å². The first kappa shape index (κ1) is 20.9. The molecule has 1 amide bonds. The van der Waals surface area contributed by atoms with Crippen LogP contribution in [0.15, 0.2) is 64.6 Å². The van der Waals surface area contributed by atoms with E-state index in [1.54, 1.807) is 36.5 Å². The maximum absolute atomic E-state index is 12.6. The van der Waals surface area contributed by atoms with Gasteiger partial charge in [-0.05, 0) is 53.6 Å². The summed E-state index contributed by atoms with van der Waals surface area (Å²) < 4.78 is 1.39. The number of phenolic OH excluding ortho intramolecular Hbond substituents is 1. The van der Waals surface area contributed by atoms with Gasteiger partial charge in [0.15, 0.2) is 0 Å². The minimum atomic E-state index is -0.653. The fourth-order valence-corrected chi connectivity index (χ4v) is 3.01. The van der Waals surface area contributed by atoms with E-state index in [0.29, 0.717) is 15.6 Å². The summed E-state index contributed by atoms with van der Waals surface area (Å²) in [4.78, 5) is 25.0. The van der Waals surface area contributed by atoms with Crippen LogP contribution in [0.1, 0.15) is 21.5 Å². The highest BCUT2D eigenvalue weighted by molar-refractivity contribution is 6.42. The first-order valence-corrected chi connectivity index (χ1v) is 9.44. The Labute approximate surface area is 181 Å². The molecule has 0 aliphatic heterocycles. The number of aromatic nitrogens is 1. The van der Waals surface area contributed by atoms with Gasteiger partial charge < -0.3 is 9.67 Å². The quantitative estimate of drug-likeness (QED) is 0.448. The Balaban J connectivity index is 1.74. The van der Waals surface area contributed by atoms with Gasteiger partial charge in [-0.1, -0.05) is 40.9 Å². The second-order valence-corrected chi connectivity index (χ2v) is 7.23. The summed E-state index contributed by atoms with van der Waals surface area (Å²) in [5, 5.41) is 14.2. The van der Waals surface area contributed by atoms with E-state index in [1.165, 1.54) is 29.0 Å². The largest absolute Gasteiger partial charge is 0.506 e. The molecule has 0 radical (unpaired) electrons. The zero-order chi connectivity index (χ0) is 21.0. The lowest BCUT2D eigenvalue weighted by atomic mass is 10.2. The third kappa shape index (κ3) is 5.17. The third-order valence-electron chi connectivity index (χ3n) is 3.95. The number of rotatable bonds is 5. The van der Waals surface area contributed by atoms with Gasteiger partial charge in [-0.3, -0.25) is 9.59 Å². The molecule has 0 fully saturated rings. The van der Waals surface area contributed by atoms with Crippen LogP contribution in [0.5, 0.6) is 5.75 Å². The molecular weight excluding hydrogens is 437 g/mol. The van der Waals surface area contributed by atoms with E-state index in [0.717, 1.165) is 5.56 Å². The predicted octanol–water partition coefficient (Wildman–Crippen LogP) is 4.33. The van der Waals surface area contributed by atoms with Crippen LogP contribution < -0.4 is 11.0 Å². The van der Waals surface area contributed by atoms with Crippen LogP contribution in [0.25, 0.3) is 0 Å². The van der Waals surface area contributed by atoms with Crippen molar-refractivity contribution in [3.8, 4) is 5.75 Å². The molecule has 148 valence electrons. The average Bonchev–Trinajstić information content (AvgIpc) is 2.69. The molecule has 29 heavy (non-hydrogen) atoms. The van der Waals surface area contributed by atoms with Gasteiger partial charge >= 0.3 is 0 Å². The molecule has 0 spiro atoms. The van der Waals surface area contributed by atoms with Gasteiger partial charge in [-0.15, -0.1) is 0 Å². The molecule has 0 saturated carbocycles. The van der Waals surface area contributed by atoms with Crippen LogP contribution in [0, 0.1) is 0 Å². The lowest BCUT2D eigenvalue weighted by Gasteiger charge is -2.08. The highest BCUT2D eigenvalue weighted by Crippen LogP contribution is 2.23. The summed E-state index contributed by atoms with van der Waals surface area (Å²) in [6, 6.07) is 12.5. The third-order valence-corrected chi connectivity index (χ3v) is 4.99. The fraction of sp³-hybridized carbons (Fsp3) is 0.0500. The van der Waals surface area contributed by atoms with Gasteiger partial charge in [-0.25, -0.2) is 5.43 Å². The van der Waals surface area contributed by atoms with E-state index in [2.05, 4.69) is 10.5 Å². The van der Waals surface area contributed by atoms with Crippen LogP contribution in [-0.2, 0) is 6.54 Å². The van der Waals surface area contributed by atoms with Crippen molar-refractivity contribution in [3.05, 3.63) is 96.8 Å². The number of benzene rings is 2. The molecule has 1 heterocycles. The number of amides is 1. The summed E-state index contributed by atoms with van der Waals surface area (Å²) in [6.07, 6.45) is 2.92. The van der Waals surface area contributed by atoms with E-state index in [-0.39, 0.29) is 22.9 Å². The first-order valence-electron chi connectivity index (χ1n) is 8.30. The number of carbonyl (C=O) groups is 1. The van der Waals surface area contributed by atoms with Crippen molar-refractivity contribution in [1.82, 2.24) is 9.99 Å². The van der Waals surface area contributed by atoms with Gasteiger partial charge in [0.2, 0.25) is 0 Å². The molecule has 0 atom stereocenters. The van der Waals surface area contributed by atoms with E-state index in [1.807, 2.05) is 0 Å². The number of nitrogens with zero attached hydrogens (tertiary/aromatic N) is 2. The standard InChI is InChI=1S/C20H14Cl3N3O3/c21-15-5-3-13(9-16(15)22)11-26-7-1-2-14(20(26)29)19(28)25-24-10-12-4-6-18(27)17(23)8-12/h1-10,27H,11H2,(H,25,28)/b24-10-. The highest BCUT2D eigenvalue weighted by atomic mass is 35.5. The number of carbonyl (C=O) groups excluding carboxylic acids is 1. The van der Waals surface area contributed by atoms with Gasteiger partial charge in [0, 0.05) is 6.20 Å². The molecule has 3 rings (SSSR count). The Kier molecular flexibility index (Phi) is 6.59. The number of aromatic hydroxyl groups is 1. The Morgan fingerprint density at radius 1 is 1.07 bits per heavy atom. The number of pyridine rings is 1. The average molecular weight is 451 g/mol. The summed E-state index contributed by atoms with van der Waals surface area (Å²) in [5.74, 6) is -0.709. The lowest BCUT2D eigenvalue weighted by molar-refractivity contribution is 0.0953. The molecule has 0 aliphatic rings. The van der Waals surface area contributed by atoms with E-state index in [4.69, 9.17) is 34.8 Å². The first-order chi connectivity index (χ1) is 13.8. The summed E-state index contributed by atoms with van der Waals surface area (Å²) in [6.45, 7) is 0.228. The molecule has 9 heteroatoms. The van der Waals surface area contributed by atoms with Gasteiger partial charge in [0.25, 0.3) is 11.5 Å². The molecule has 2 N–H and O–H groups in total. The fourth-order valence-electron chi connectivity index (χ4n) is 2.50. The number of hydrogen-bond donors (Lipinski definition) is 2. The van der Waals surface area contributed by atoms with E-state index >= 15 is 0 Å². The van der Waals surface area contributed by atoms with Gasteiger partial charge in [-0.2, -0.15) is 5.10 Å². The Morgan fingerprint density at radius 2 is 1.86 bits per heavy atom. The number of halogens is 3. The molecule has 0 unspecified atom stereocenters. The maximum Gasteiger partial charge on any atom is 0.276 e. The minimum Gasteiger partial charge on any atom is -0.506 e. The molecule has 6 nitrogen and oxygen atoms in total. The van der Waals surface area contributed by atoms with Crippen LogP contribution in [0.2, 0.25) is 15.1 Å². The Morgan fingerprint density at radius 3 is 2.59 bits per heavy atom. The maximum atomic E-state index is 12.6.